The summed E-state index contributed by atoms with van der Waals surface area (Å²) in [5, 5.41) is 7.97. The van der Waals surface area contributed by atoms with Gasteiger partial charge in [0.1, 0.15) is 0 Å². The molecule has 0 aliphatic rings. The van der Waals surface area contributed by atoms with Crippen LogP contribution < -0.4 is 0 Å². The van der Waals surface area contributed by atoms with Crippen LogP contribution in [0.4, 0.5) is 0 Å². The van der Waals surface area contributed by atoms with Crippen molar-refractivity contribution in [3.63, 3.8) is 0 Å². The Morgan fingerprint density at radius 2 is 2.29 bits per heavy atom. The van der Waals surface area contributed by atoms with Crippen LogP contribution in [0.2, 0.25) is 5.02 Å². The van der Waals surface area contributed by atoms with E-state index in [1.54, 1.807) is 12.1 Å². The molecule has 1 aromatic carbocycles. The third kappa shape index (κ3) is 2.82. The van der Waals surface area contributed by atoms with E-state index in [9.17, 15) is 4.79 Å². The van der Waals surface area contributed by atoms with E-state index in [1.165, 1.54) is 7.11 Å². The topological polar surface area (TPSA) is 65.2 Å². The highest BCUT2D eigenvalue weighted by Crippen LogP contribution is 2.14. The Kier molecular flexibility index (Phi) is 3.39. The van der Waals surface area contributed by atoms with Crippen LogP contribution in [-0.4, -0.2) is 23.3 Å². The third-order valence-corrected chi connectivity index (χ3v) is 2.31. The minimum Gasteiger partial charge on any atom is -0.462 e. The Morgan fingerprint density at radius 3 is 3.00 bits per heavy atom. The molecule has 0 spiro atoms. The number of aromatic nitrogens is 2. The van der Waals surface area contributed by atoms with Gasteiger partial charge >= 0.3 is 11.9 Å². The van der Waals surface area contributed by atoms with Gasteiger partial charge in [0.25, 0.3) is 0 Å². The van der Waals surface area contributed by atoms with Crippen LogP contribution in [0, 0.1) is 0 Å². The van der Waals surface area contributed by atoms with Crippen LogP contribution >= 0.6 is 11.6 Å². The van der Waals surface area contributed by atoms with Gasteiger partial charge in [0.05, 0.1) is 13.5 Å². The lowest BCUT2D eigenvalue weighted by Gasteiger charge is -1.97. The van der Waals surface area contributed by atoms with Gasteiger partial charge in [-0.3, -0.25) is 0 Å². The van der Waals surface area contributed by atoms with Gasteiger partial charge in [-0.1, -0.05) is 23.7 Å². The molecule has 1 heterocycles. The van der Waals surface area contributed by atoms with Crippen molar-refractivity contribution in [3.05, 3.63) is 46.6 Å². The maximum absolute atomic E-state index is 11.1. The molecule has 0 bridgehead atoms. The lowest BCUT2D eigenvalue weighted by atomic mass is 10.1. The SMILES string of the molecule is COC(=O)c1nnc(Cc2cccc(Cl)c2)o1. The van der Waals surface area contributed by atoms with Gasteiger partial charge in [-0.25, -0.2) is 4.79 Å². The van der Waals surface area contributed by atoms with Crippen molar-refractivity contribution in [1.82, 2.24) is 10.2 Å². The fourth-order valence-electron chi connectivity index (χ4n) is 1.32. The largest absolute Gasteiger partial charge is 0.462 e. The van der Waals surface area contributed by atoms with Crippen LogP contribution in [0.25, 0.3) is 0 Å². The van der Waals surface area contributed by atoms with Crippen LogP contribution in [0.1, 0.15) is 22.1 Å². The van der Waals surface area contributed by atoms with Gasteiger partial charge in [-0.15, -0.1) is 10.2 Å². The highest BCUT2D eigenvalue weighted by Gasteiger charge is 2.14. The summed E-state index contributed by atoms with van der Waals surface area (Å²) in [6, 6.07) is 7.28. The molecule has 0 N–H and O–H groups in total. The predicted octanol–water partition coefficient (Wildman–Crippen LogP) is 2.10. The molecule has 0 saturated carbocycles. The molecule has 88 valence electrons. The van der Waals surface area contributed by atoms with Crippen LogP contribution in [-0.2, 0) is 11.2 Å². The molecule has 17 heavy (non-hydrogen) atoms. The second kappa shape index (κ2) is 4.97. The standard InChI is InChI=1S/C11H9ClN2O3/c1-16-11(15)10-14-13-9(17-10)6-7-3-2-4-8(12)5-7/h2-5H,6H2,1H3. The zero-order chi connectivity index (χ0) is 12.3. The molecule has 6 heteroatoms. The molecule has 0 saturated heterocycles. The summed E-state index contributed by atoms with van der Waals surface area (Å²) in [6.07, 6.45) is 0.421. The van der Waals surface area contributed by atoms with Crippen LogP contribution in [0.3, 0.4) is 0 Å². The van der Waals surface area contributed by atoms with Gasteiger partial charge in [-0.2, -0.15) is 0 Å². The lowest BCUT2D eigenvalue weighted by Crippen LogP contribution is -2.00. The number of benzene rings is 1. The van der Waals surface area contributed by atoms with Gasteiger partial charge < -0.3 is 9.15 Å². The smallest absolute Gasteiger partial charge is 0.396 e. The minimum absolute atomic E-state index is 0.149. The minimum atomic E-state index is -0.644. The zero-order valence-corrected chi connectivity index (χ0v) is 9.77. The van der Waals surface area contributed by atoms with E-state index >= 15 is 0 Å². The molecule has 2 rings (SSSR count). The second-order valence-electron chi connectivity index (χ2n) is 3.30. The summed E-state index contributed by atoms with van der Waals surface area (Å²) in [4.78, 5) is 11.1. The van der Waals surface area contributed by atoms with Gasteiger partial charge in [0, 0.05) is 5.02 Å². The van der Waals surface area contributed by atoms with E-state index in [4.69, 9.17) is 16.0 Å². The number of hydrogen-bond acceptors (Lipinski definition) is 5. The van der Waals surface area contributed by atoms with Crippen LogP contribution in [0.5, 0.6) is 0 Å². The number of halogens is 1. The monoisotopic (exact) mass is 252 g/mol. The number of esters is 1. The molecule has 1 aromatic heterocycles. The molecular weight excluding hydrogens is 244 g/mol. The van der Waals surface area contributed by atoms with Gasteiger partial charge in [0.2, 0.25) is 5.89 Å². The summed E-state index contributed by atoms with van der Waals surface area (Å²) in [6.45, 7) is 0. The molecule has 5 nitrogen and oxygen atoms in total. The van der Waals surface area contributed by atoms with E-state index < -0.39 is 5.97 Å². The Hall–Kier alpha value is -1.88. The van der Waals surface area contributed by atoms with E-state index in [2.05, 4.69) is 14.9 Å². The first-order chi connectivity index (χ1) is 8.19. The van der Waals surface area contributed by atoms with Crippen molar-refractivity contribution in [1.29, 1.82) is 0 Å². The average Bonchev–Trinajstić information content (AvgIpc) is 2.76. The first kappa shape index (κ1) is 11.6. The van der Waals surface area contributed by atoms with Crippen LogP contribution in [0.15, 0.2) is 28.7 Å². The third-order valence-electron chi connectivity index (χ3n) is 2.07. The highest BCUT2D eigenvalue weighted by molar-refractivity contribution is 6.30. The average molecular weight is 253 g/mol. The van der Waals surface area contributed by atoms with E-state index in [1.807, 2.05) is 12.1 Å². The number of nitrogens with zero attached hydrogens (tertiary/aromatic N) is 2. The van der Waals surface area contributed by atoms with Crippen molar-refractivity contribution in [3.8, 4) is 0 Å². The molecule has 0 amide bonds. The fourth-order valence-corrected chi connectivity index (χ4v) is 1.53. The Labute approximate surface area is 102 Å². The zero-order valence-electron chi connectivity index (χ0n) is 9.01. The first-order valence-corrected chi connectivity index (χ1v) is 5.22. The second-order valence-corrected chi connectivity index (χ2v) is 3.74. The summed E-state index contributed by atoms with van der Waals surface area (Å²) >= 11 is 5.85. The van der Waals surface area contributed by atoms with Crippen molar-refractivity contribution in [2.75, 3.05) is 7.11 Å². The molecule has 0 atom stereocenters. The highest BCUT2D eigenvalue weighted by atomic mass is 35.5. The first-order valence-electron chi connectivity index (χ1n) is 4.84. The summed E-state index contributed by atoms with van der Waals surface area (Å²) < 4.78 is 9.60. The number of hydrogen-bond donors (Lipinski definition) is 0. The Balaban J connectivity index is 2.14. The molecule has 0 aliphatic heterocycles. The lowest BCUT2D eigenvalue weighted by molar-refractivity contribution is 0.0554. The predicted molar refractivity (Wildman–Crippen MR) is 59.9 cm³/mol. The van der Waals surface area contributed by atoms with Crippen molar-refractivity contribution >= 4 is 17.6 Å². The Morgan fingerprint density at radius 1 is 1.47 bits per heavy atom. The summed E-state index contributed by atoms with van der Waals surface area (Å²) in [5.74, 6) is -0.452. The maximum Gasteiger partial charge on any atom is 0.396 e. The maximum atomic E-state index is 11.1. The summed E-state index contributed by atoms with van der Waals surface area (Å²) in [5.41, 5.74) is 0.928. The fraction of sp³-hybridized carbons (Fsp3) is 0.182. The van der Waals surface area contributed by atoms with Crippen molar-refractivity contribution < 1.29 is 13.9 Å². The van der Waals surface area contributed by atoms with Gasteiger partial charge in [0.15, 0.2) is 0 Å². The number of carbonyl (C=O) groups is 1. The Bertz CT molecular complexity index is 539. The normalized spacial score (nSPS) is 10.2. The van der Waals surface area contributed by atoms with E-state index in [0.29, 0.717) is 17.3 Å². The number of ether oxygens (including phenoxy) is 1. The summed E-state index contributed by atoms with van der Waals surface area (Å²) in [7, 11) is 1.25. The van der Waals surface area contributed by atoms with Crippen molar-refractivity contribution in [2.45, 2.75) is 6.42 Å². The molecule has 0 radical (unpaired) electrons. The number of rotatable bonds is 3. The molecule has 0 unspecified atom stereocenters. The van der Waals surface area contributed by atoms with Crippen molar-refractivity contribution in [2.24, 2.45) is 0 Å². The molecule has 0 aliphatic carbocycles. The molecule has 2 aromatic rings. The molecular formula is C11H9ClN2O3. The number of methoxy groups -OCH3 is 1. The number of carbonyl (C=O) groups excluding carboxylic acids is 1. The van der Waals surface area contributed by atoms with E-state index in [0.717, 1.165) is 5.56 Å². The molecule has 0 fully saturated rings. The van der Waals surface area contributed by atoms with Gasteiger partial charge in [-0.05, 0) is 17.7 Å². The van der Waals surface area contributed by atoms with E-state index in [-0.39, 0.29) is 5.89 Å². The quantitative estimate of drug-likeness (QED) is 0.783.